The Labute approximate surface area is 270 Å². The van der Waals surface area contributed by atoms with Crippen LogP contribution in [0.2, 0.25) is 0 Å². The number of rotatable bonds is 7. The van der Waals surface area contributed by atoms with Crippen LogP contribution in [0.25, 0.3) is 0 Å². The van der Waals surface area contributed by atoms with E-state index in [4.69, 9.17) is 10.5 Å². The highest BCUT2D eigenvalue weighted by Gasteiger charge is 2.51. The topological polar surface area (TPSA) is 111 Å². The van der Waals surface area contributed by atoms with Crippen LogP contribution in [0.4, 0.5) is 21.0 Å². The maximum absolute atomic E-state index is 13.9. The average Bonchev–Trinajstić information content (AvgIpc) is 3.16. The Hall–Kier alpha value is -2.67. The number of nitrogens with two attached hydrogens (primary N) is 1. The number of carbonyl (C=O) groups is 3. The predicted octanol–water partition coefficient (Wildman–Crippen LogP) is 5.30. The summed E-state index contributed by atoms with van der Waals surface area (Å²) in [5.74, 6) is 0. The quantitative estimate of drug-likeness (QED) is 0.295. The highest BCUT2D eigenvalue weighted by atomic mass is 79.9. The highest BCUT2D eigenvalue weighted by Crippen LogP contribution is 2.40. The lowest BCUT2D eigenvalue weighted by Crippen LogP contribution is -2.69. The molecule has 2 aromatic rings. The molecule has 0 spiro atoms. The summed E-state index contributed by atoms with van der Waals surface area (Å²) in [7, 11) is 4.18. The number of fused-ring (bicyclic) bond motifs is 1. The number of ether oxygens (including phenoxy) is 1. The van der Waals surface area contributed by atoms with Gasteiger partial charge >= 0.3 is 12.1 Å². The predicted molar refractivity (Wildman–Crippen MR) is 174 cm³/mol. The summed E-state index contributed by atoms with van der Waals surface area (Å²) in [6.45, 7) is 2.48. The maximum Gasteiger partial charge on any atom is 0.411 e. The number of likely N-dealkylation sites (tertiary alicyclic amines) is 2. The number of hydrogen-bond acceptors (Lipinski definition) is 7. The van der Waals surface area contributed by atoms with Crippen LogP contribution in [0.3, 0.4) is 0 Å². The minimum atomic E-state index is -0.902. The van der Waals surface area contributed by atoms with Crippen LogP contribution < -0.4 is 11.1 Å². The highest BCUT2D eigenvalue weighted by molar-refractivity contribution is 9.11. The first kappa shape index (κ1) is 31.7. The van der Waals surface area contributed by atoms with Gasteiger partial charge in [-0.2, -0.15) is 0 Å². The van der Waals surface area contributed by atoms with Gasteiger partial charge in [-0.25, -0.2) is 9.59 Å². The Morgan fingerprint density at radius 1 is 1.12 bits per heavy atom. The second-order valence-corrected chi connectivity index (χ2v) is 13.6. The van der Waals surface area contributed by atoms with Crippen LogP contribution in [-0.4, -0.2) is 96.0 Å². The third-order valence-corrected chi connectivity index (χ3v) is 10.6. The van der Waals surface area contributed by atoms with E-state index in [1.54, 1.807) is 4.90 Å². The van der Waals surface area contributed by atoms with Crippen molar-refractivity contribution in [2.75, 3.05) is 51.3 Å². The molecule has 3 aliphatic heterocycles. The van der Waals surface area contributed by atoms with Gasteiger partial charge in [-0.15, -0.1) is 0 Å². The maximum atomic E-state index is 13.9. The van der Waals surface area contributed by atoms with Crippen LogP contribution in [0.1, 0.15) is 43.2 Å². The van der Waals surface area contributed by atoms with E-state index in [1.165, 1.54) is 0 Å². The van der Waals surface area contributed by atoms with Gasteiger partial charge < -0.3 is 30.4 Å². The molecule has 3 heterocycles. The number of aldehydes is 1. The largest absolute Gasteiger partial charge is 0.444 e. The summed E-state index contributed by atoms with van der Waals surface area (Å²) < 4.78 is 7.32. The third kappa shape index (κ3) is 6.72. The van der Waals surface area contributed by atoms with E-state index in [0.717, 1.165) is 55.5 Å². The molecule has 2 fully saturated rings. The number of nitrogens with one attached hydrogen (secondary N) is 1. The van der Waals surface area contributed by atoms with Crippen molar-refractivity contribution in [2.24, 2.45) is 0 Å². The van der Waals surface area contributed by atoms with Gasteiger partial charge in [0.2, 0.25) is 0 Å². The second kappa shape index (κ2) is 13.5. The van der Waals surface area contributed by atoms with Crippen molar-refractivity contribution in [1.82, 2.24) is 19.6 Å². The molecule has 2 saturated heterocycles. The lowest BCUT2D eigenvalue weighted by molar-refractivity contribution is -0.128. The van der Waals surface area contributed by atoms with Crippen molar-refractivity contribution >= 4 is 61.6 Å². The number of para-hydroxylation sites is 1. The van der Waals surface area contributed by atoms with Crippen molar-refractivity contribution in [3.05, 3.63) is 56.5 Å². The molecule has 0 radical (unpaired) electrons. The molecule has 2 atom stereocenters. The Kier molecular flexibility index (Phi) is 10.00. The van der Waals surface area contributed by atoms with Crippen molar-refractivity contribution in [3.63, 3.8) is 0 Å². The number of anilines is 2. The van der Waals surface area contributed by atoms with E-state index in [0.29, 0.717) is 46.6 Å². The molecule has 43 heavy (non-hydrogen) atoms. The number of carbonyl (C=O) groups excluding carboxylic acids is 3. The number of benzene rings is 2. The van der Waals surface area contributed by atoms with E-state index < -0.39 is 11.8 Å². The summed E-state index contributed by atoms with van der Waals surface area (Å²) in [5, 5.41) is 3.09. The first-order valence-corrected chi connectivity index (χ1v) is 16.4. The summed E-state index contributed by atoms with van der Waals surface area (Å²) >= 11 is 6.92. The molecule has 232 valence electrons. The van der Waals surface area contributed by atoms with Gasteiger partial charge in [0.15, 0.2) is 0 Å². The zero-order chi connectivity index (χ0) is 30.7. The molecule has 3 amide bonds. The number of piperidine rings is 2. The number of nitrogens with zero attached hydrogens (tertiary/aromatic N) is 4. The smallest absolute Gasteiger partial charge is 0.411 e. The Morgan fingerprint density at radius 3 is 2.49 bits per heavy atom. The summed E-state index contributed by atoms with van der Waals surface area (Å²) in [4.78, 5) is 47.9. The summed E-state index contributed by atoms with van der Waals surface area (Å²) in [6.07, 6.45) is 4.23. The molecule has 0 aliphatic carbocycles. The molecule has 0 aromatic heterocycles. The number of halogens is 2. The average molecular weight is 721 g/mol. The van der Waals surface area contributed by atoms with E-state index in [9.17, 15) is 14.4 Å². The van der Waals surface area contributed by atoms with Gasteiger partial charge in [0.25, 0.3) is 0 Å². The van der Waals surface area contributed by atoms with Gasteiger partial charge in [0.05, 0.1) is 5.69 Å². The minimum absolute atomic E-state index is 0.0584. The van der Waals surface area contributed by atoms with Crippen molar-refractivity contribution in [3.8, 4) is 0 Å². The Bertz CT molecular complexity index is 1330. The van der Waals surface area contributed by atoms with Gasteiger partial charge in [-0.3, -0.25) is 9.80 Å². The van der Waals surface area contributed by atoms with Gasteiger partial charge in [-0.05, 0) is 101 Å². The summed E-state index contributed by atoms with van der Waals surface area (Å²) in [6, 6.07) is 11.7. The van der Waals surface area contributed by atoms with Crippen LogP contribution in [0.15, 0.2) is 45.3 Å². The molecule has 5 rings (SSSR count). The monoisotopic (exact) mass is 718 g/mol. The molecule has 12 heteroatoms. The molecule has 0 saturated carbocycles. The van der Waals surface area contributed by atoms with Crippen molar-refractivity contribution < 1.29 is 19.1 Å². The fourth-order valence-electron chi connectivity index (χ4n) is 6.84. The van der Waals surface area contributed by atoms with Gasteiger partial charge in [0, 0.05) is 65.7 Å². The van der Waals surface area contributed by atoms with E-state index in [2.05, 4.69) is 61.1 Å². The van der Waals surface area contributed by atoms with Crippen LogP contribution >= 0.6 is 31.9 Å². The first-order chi connectivity index (χ1) is 20.6. The van der Waals surface area contributed by atoms with Gasteiger partial charge in [-0.1, -0.05) is 18.2 Å². The normalized spacial score (nSPS) is 23.5. The van der Waals surface area contributed by atoms with Gasteiger partial charge in [0.1, 0.15) is 18.6 Å². The number of hydrogen-bond donors (Lipinski definition) is 2. The Morgan fingerprint density at radius 2 is 1.81 bits per heavy atom. The molecule has 0 bridgehead atoms. The molecule has 2 aromatic carbocycles. The molecular weight excluding hydrogens is 680 g/mol. The van der Waals surface area contributed by atoms with Crippen LogP contribution in [0, 0.1) is 0 Å². The van der Waals surface area contributed by atoms with Crippen LogP contribution in [-0.2, 0) is 22.6 Å². The van der Waals surface area contributed by atoms with E-state index in [-0.39, 0.29) is 25.1 Å². The summed E-state index contributed by atoms with van der Waals surface area (Å²) in [5.41, 5.74) is 8.43. The zero-order valence-corrected chi connectivity index (χ0v) is 27.9. The molecular formula is C31H40Br2N6O4. The van der Waals surface area contributed by atoms with E-state index in [1.807, 2.05) is 41.3 Å². The SMILES string of the molecule is CN(C)C1CCN([C@]2(CC=O)C[C@H](N3CCc4ccccc4NC3=O)CCN2C(=O)OCc2cc(Br)c(N)c(Br)c2)CC1. The lowest BCUT2D eigenvalue weighted by Gasteiger charge is -2.56. The van der Waals surface area contributed by atoms with Crippen molar-refractivity contribution in [1.29, 1.82) is 0 Å². The number of urea groups is 1. The van der Waals surface area contributed by atoms with Crippen LogP contribution in [0.5, 0.6) is 0 Å². The standard InChI is InChI=1S/C31H40Br2N6O4/c1-36(2)23-8-12-37(13-9-23)31(11-16-40)19-24(38-14-7-22-5-3-4-6-27(22)35-29(38)41)10-15-39(31)30(42)43-20-21-17-25(32)28(34)26(33)18-21/h3-6,16-18,23-24H,7-15,19-20,34H2,1-2H3,(H,35,41)/t24-,31+/m1/s1. The fraction of sp³-hybridized carbons (Fsp3) is 0.516. The second-order valence-electron chi connectivity index (χ2n) is 11.9. The minimum Gasteiger partial charge on any atom is -0.444 e. The molecule has 0 unspecified atom stereocenters. The first-order valence-electron chi connectivity index (χ1n) is 14.8. The zero-order valence-electron chi connectivity index (χ0n) is 24.7. The van der Waals surface area contributed by atoms with Crippen molar-refractivity contribution in [2.45, 2.75) is 62.9 Å². The number of nitrogen functional groups attached to an aromatic ring is 1. The third-order valence-electron chi connectivity index (χ3n) is 9.25. The molecule has 10 nitrogen and oxygen atoms in total. The van der Waals surface area contributed by atoms with E-state index >= 15 is 0 Å². The lowest BCUT2D eigenvalue weighted by atomic mass is 9.84. The Balaban J connectivity index is 1.41. The molecule has 3 N–H and O–H groups in total. The number of amides is 3. The molecule has 3 aliphatic rings. The fourth-order valence-corrected chi connectivity index (χ4v) is 8.12.